The molecule has 5 heteroatoms. The number of alkyl halides is 1. The van der Waals surface area contributed by atoms with E-state index in [0.29, 0.717) is 11.8 Å². The monoisotopic (exact) mass is 295 g/mol. The molecule has 2 aromatic rings. The molecule has 0 unspecified atom stereocenters. The van der Waals surface area contributed by atoms with Gasteiger partial charge in [0.05, 0.1) is 5.56 Å². The standard InChI is InChI=1S/C15H12ClF2NO/c1-9-6-11(13(18)7-12(9)17)15(20)19-14-5-3-2-4-10(14)8-16/h2-7H,8H2,1H3,(H,19,20). The number of halogens is 3. The normalized spacial score (nSPS) is 10.4. The van der Waals surface area contributed by atoms with Gasteiger partial charge in [-0.3, -0.25) is 4.79 Å². The molecule has 0 saturated heterocycles. The molecule has 0 heterocycles. The molecule has 0 radical (unpaired) electrons. The van der Waals surface area contributed by atoms with Gasteiger partial charge in [0.25, 0.3) is 5.91 Å². The summed E-state index contributed by atoms with van der Waals surface area (Å²) in [5.41, 5.74) is 1.24. The van der Waals surface area contributed by atoms with Crippen LogP contribution in [0.5, 0.6) is 0 Å². The van der Waals surface area contributed by atoms with Crippen LogP contribution in [-0.2, 0) is 5.88 Å². The Bertz CT molecular complexity index is 658. The summed E-state index contributed by atoms with van der Waals surface area (Å²) in [4.78, 5) is 12.0. The third kappa shape index (κ3) is 2.96. The van der Waals surface area contributed by atoms with E-state index in [2.05, 4.69) is 5.32 Å². The fraction of sp³-hybridized carbons (Fsp3) is 0.133. The van der Waals surface area contributed by atoms with Crippen LogP contribution in [0, 0.1) is 18.6 Å². The highest BCUT2D eigenvalue weighted by molar-refractivity contribution is 6.17. The van der Waals surface area contributed by atoms with E-state index < -0.39 is 17.5 Å². The Kier molecular flexibility index (Phi) is 4.35. The first-order valence-electron chi connectivity index (χ1n) is 5.93. The Balaban J connectivity index is 2.31. The number of carbonyl (C=O) groups excluding carboxylic acids is 1. The van der Waals surface area contributed by atoms with Crippen LogP contribution >= 0.6 is 11.6 Å². The molecule has 0 bridgehead atoms. The van der Waals surface area contributed by atoms with Crippen molar-refractivity contribution in [1.82, 2.24) is 0 Å². The van der Waals surface area contributed by atoms with Crippen LogP contribution in [-0.4, -0.2) is 5.91 Å². The van der Waals surface area contributed by atoms with E-state index in [4.69, 9.17) is 11.6 Å². The molecule has 0 aliphatic heterocycles. The summed E-state index contributed by atoms with van der Waals surface area (Å²) in [5.74, 6) is -1.99. The molecule has 1 amide bonds. The summed E-state index contributed by atoms with van der Waals surface area (Å²) >= 11 is 5.76. The summed E-state index contributed by atoms with van der Waals surface area (Å²) in [6, 6.07) is 8.84. The lowest BCUT2D eigenvalue weighted by atomic mass is 10.1. The molecule has 0 aromatic heterocycles. The van der Waals surface area contributed by atoms with Crippen LogP contribution in [0.25, 0.3) is 0 Å². The van der Waals surface area contributed by atoms with Crippen molar-refractivity contribution in [2.75, 3.05) is 5.32 Å². The van der Waals surface area contributed by atoms with Gasteiger partial charge in [0, 0.05) is 17.6 Å². The average molecular weight is 296 g/mol. The van der Waals surface area contributed by atoms with E-state index in [1.807, 2.05) is 0 Å². The van der Waals surface area contributed by atoms with Crippen molar-refractivity contribution in [3.05, 3.63) is 64.7 Å². The predicted octanol–water partition coefficient (Wildman–Crippen LogP) is 4.26. The number of rotatable bonds is 3. The van der Waals surface area contributed by atoms with Crippen LogP contribution in [0.1, 0.15) is 21.5 Å². The molecule has 1 N–H and O–H groups in total. The SMILES string of the molecule is Cc1cc(C(=O)Nc2ccccc2CCl)c(F)cc1F. The molecule has 2 aromatic carbocycles. The van der Waals surface area contributed by atoms with E-state index in [-0.39, 0.29) is 17.0 Å². The first-order chi connectivity index (χ1) is 9.52. The van der Waals surface area contributed by atoms with E-state index in [1.54, 1.807) is 24.3 Å². The number of nitrogens with one attached hydrogen (secondary N) is 1. The van der Waals surface area contributed by atoms with Gasteiger partial charge < -0.3 is 5.32 Å². The van der Waals surface area contributed by atoms with Crippen molar-refractivity contribution < 1.29 is 13.6 Å². The number of amides is 1. The topological polar surface area (TPSA) is 29.1 Å². The fourth-order valence-corrected chi connectivity index (χ4v) is 2.01. The number of carbonyl (C=O) groups is 1. The minimum Gasteiger partial charge on any atom is -0.322 e. The van der Waals surface area contributed by atoms with Gasteiger partial charge in [0.15, 0.2) is 0 Å². The zero-order chi connectivity index (χ0) is 14.7. The van der Waals surface area contributed by atoms with Gasteiger partial charge in [-0.2, -0.15) is 0 Å². The number of benzene rings is 2. The Morgan fingerprint density at radius 1 is 1.20 bits per heavy atom. The van der Waals surface area contributed by atoms with E-state index in [1.165, 1.54) is 13.0 Å². The molecule has 20 heavy (non-hydrogen) atoms. The van der Waals surface area contributed by atoms with Crippen LogP contribution in [0.4, 0.5) is 14.5 Å². The number of para-hydroxylation sites is 1. The number of anilines is 1. The lowest BCUT2D eigenvalue weighted by Gasteiger charge is -2.10. The molecule has 2 nitrogen and oxygen atoms in total. The lowest BCUT2D eigenvalue weighted by molar-refractivity contribution is 0.102. The van der Waals surface area contributed by atoms with Crippen molar-refractivity contribution in [2.45, 2.75) is 12.8 Å². The number of aryl methyl sites for hydroxylation is 1. The Morgan fingerprint density at radius 3 is 2.60 bits per heavy atom. The molecule has 0 saturated carbocycles. The lowest BCUT2D eigenvalue weighted by Crippen LogP contribution is -2.15. The minimum atomic E-state index is -0.894. The van der Waals surface area contributed by atoms with Crippen LogP contribution in [0.15, 0.2) is 36.4 Å². The highest BCUT2D eigenvalue weighted by Gasteiger charge is 2.15. The van der Waals surface area contributed by atoms with Gasteiger partial charge in [-0.15, -0.1) is 11.6 Å². The van der Waals surface area contributed by atoms with Crippen LogP contribution in [0.2, 0.25) is 0 Å². The van der Waals surface area contributed by atoms with Gasteiger partial charge in [0.1, 0.15) is 11.6 Å². The fourth-order valence-electron chi connectivity index (χ4n) is 1.78. The highest BCUT2D eigenvalue weighted by Crippen LogP contribution is 2.20. The molecule has 2 rings (SSSR count). The van der Waals surface area contributed by atoms with E-state index >= 15 is 0 Å². The number of hydrogen-bond donors (Lipinski definition) is 1. The summed E-state index contributed by atoms with van der Waals surface area (Å²) in [6.07, 6.45) is 0. The van der Waals surface area contributed by atoms with Gasteiger partial charge in [0.2, 0.25) is 0 Å². The third-order valence-corrected chi connectivity index (χ3v) is 3.19. The Morgan fingerprint density at radius 2 is 1.90 bits per heavy atom. The number of hydrogen-bond acceptors (Lipinski definition) is 1. The summed E-state index contributed by atoms with van der Waals surface area (Å²) in [7, 11) is 0. The maximum Gasteiger partial charge on any atom is 0.258 e. The molecule has 0 spiro atoms. The predicted molar refractivity (Wildman–Crippen MR) is 75.0 cm³/mol. The Labute approximate surface area is 120 Å². The van der Waals surface area contributed by atoms with E-state index in [0.717, 1.165) is 5.56 Å². The summed E-state index contributed by atoms with van der Waals surface area (Å²) < 4.78 is 26.8. The summed E-state index contributed by atoms with van der Waals surface area (Å²) in [5, 5.41) is 2.58. The van der Waals surface area contributed by atoms with Crippen molar-refractivity contribution >= 4 is 23.2 Å². The van der Waals surface area contributed by atoms with E-state index in [9.17, 15) is 13.6 Å². The van der Waals surface area contributed by atoms with Gasteiger partial charge in [-0.05, 0) is 30.2 Å². The van der Waals surface area contributed by atoms with Gasteiger partial charge in [-0.25, -0.2) is 8.78 Å². The van der Waals surface area contributed by atoms with Crippen molar-refractivity contribution in [2.24, 2.45) is 0 Å². The molecule has 104 valence electrons. The zero-order valence-electron chi connectivity index (χ0n) is 10.7. The van der Waals surface area contributed by atoms with Crippen molar-refractivity contribution in [1.29, 1.82) is 0 Å². The second-order valence-electron chi connectivity index (χ2n) is 4.33. The maximum absolute atomic E-state index is 13.6. The van der Waals surface area contributed by atoms with Gasteiger partial charge >= 0.3 is 0 Å². The molecular weight excluding hydrogens is 284 g/mol. The van der Waals surface area contributed by atoms with Crippen molar-refractivity contribution in [3.8, 4) is 0 Å². The zero-order valence-corrected chi connectivity index (χ0v) is 11.5. The molecule has 0 atom stereocenters. The molecule has 0 aliphatic carbocycles. The molecular formula is C15H12ClF2NO. The van der Waals surface area contributed by atoms with Crippen LogP contribution in [0.3, 0.4) is 0 Å². The average Bonchev–Trinajstić information content (AvgIpc) is 2.43. The smallest absolute Gasteiger partial charge is 0.258 e. The quantitative estimate of drug-likeness (QED) is 0.842. The first kappa shape index (κ1) is 14.5. The first-order valence-corrected chi connectivity index (χ1v) is 6.47. The highest BCUT2D eigenvalue weighted by atomic mass is 35.5. The maximum atomic E-state index is 13.6. The largest absolute Gasteiger partial charge is 0.322 e. The minimum absolute atomic E-state index is 0.201. The third-order valence-electron chi connectivity index (χ3n) is 2.90. The Hall–Kier alpha value is -1.94. The second kappa shape index (κ2) is 6.01. The van der Waals surface area contributed by atoms with Crippen molar-refractivity contribution in [3.63, 3.8) is 0 Å². The molecule has 0 fully saturated rings. The second-order valence-corrected chi connectivity index (χ2v) is 4.59. The van der Waals surface area contributed by atoms with Crippen LogP contribution < -0.4 is 5.32 Å². The van der Waals surface area contributed by atoms with Gasteiger partial charge in [-0.1, -0.05) is 18.2 Å². The summed E-state index contributed by atoms with van der Waals surface area (Å²) in [6.45, 7) is 1.47. The molecule has 0 aliphatic rings.